The molecular weight excluding hydrogens is 178 g/mol. The van der Waals surface area contributed by atoms with Crippen LogP contribution < -0.4 is 10.6 Å². The van der Waals surface area contributed by atoms with Crippen LogP contribution in [0.3, 0.4) is 0 Å². The minimum absolute atomic E-state index is 0.0136. The third-order valence-corrected chi connectivity index (χ3v) is 2.12. The monoisotopic (exact) mass is 195 g/mol. The molecule has 0 amide bonds. The molecule has 0 aliphatic carbocycles. The molecule has 4 nitrogen and oxygen atoms in total. The Bertz CT molecular complexity index is 271. The maximum Gasteiger partial charge on any atom is 0.128 e. The van der Waals surface area contributed by atoms with Gasteiger partial charge in [0.25, 0.3) is 0 Å². The molecule has 1 atom stereocenters. The number of pyridine rings is 1. The topological polar surface area (TPSA) is 62.4 Å². The maximum absolute atomic E-state index is 8.75. The Hall–Kier alpha value is -1.13. The van der Waals surface area contributed by atoms with Crippen LogP contribution in [0.2, 0.25) is 0 Å². The van der Waals surface area contributed by atoms with E-state index in [2.05, 4.69) is 4.98 Å². The highest BCUT2D eigenvalue weighted by molar-refractivity contribution is 5.38. The van der Waals surface area contributed by atoms with Gasteiger partial charge in [-0.2, -0.15) is 0 Å². The van der Waals surface area contributed by atoms with E-state index in [4.69, 9.17) is 10.8 Å². The Morgan fingerprint density at radius 3 is 2.71 bits per heavy atom. The largest absolute Gasteiger partial charge is 0.395 e. The minimum Gasteiger partial charge on any atom is -0.395 e. The fraction of sp³-hybridized carbons (Fsp3) is 0.500. The molecule has 1 aromatic rings. The van der Waals surface area contributed by atoms with Crippen LogP contribution in [0.5, 0.6) is 0 Å². The first kappa shape index (κ1) is 10.9. The molecule has 0 saturated heterocycles. The summed E-state index contributed by atoms with van der Waals surface area (Å²) in [5, 5.41) is 8.75. The van der Waals surface area contributed by atoms with Crippen molar-refractivity contribution < 1.29 is 5.11 Å². The quantitative estimate of drug-likeness (QED) is 0.735. The summed E-state index contributed by atoms with van der Waals surface area (Å²) in [6.45, 7) is 2.64. The molecule has 1 aromatic heterocycles. The molecule has 0 fully saturated rings. The van der Waals surface area contributed by atoms with Crippen molar-refractivity contribution in [2.24, 2.45) is 5.73 Å². The Labute approximate surface area is 84.4 Å². The third-order valence-electron chi connectivity index (χ3n) is 2.12. The first-order valence-electron chi connectivity index (χ1n) is 4.68. The molecule has 0 bridgehead atoms. The molecule has 0 radical (unpaired) electrons. The molecule has 78 valence electrons. The summed E-state index contributed by atoms with van der Waals surface area (Å²) >= 11 is 0. The third kappa shape index (κ3) is 2.68. The Morgan fingerprint density at radius 2 is 2.29 bits per heavy atom. The van der Waals surface area contributed by atoms with Gasteiger partial charge in [-0.1, -0.05) is 6.07 Å². The molecule has 0 spiro atoms. The van der Waals surface area contributed by atoms with Crippen molar-refractivity contribution in [3.05, 3.63) is 23.9 Å². The van der Waals surface area contributed by atoms with Gasteiger partial charge in [-0.15, -0.1) is 0 Å². The van der Waals surface area contributed by atoms with E-state index < -0.39 is 0 Å². The average molecular weight is 195 g/mol. The normalized spacial score (nSPS) is 12.6. The molecule has 0 aliphatic rings. The van der Waals surface area contributed by atoms with Crippen LogP contribution in [0.4, 0.5) is 5.82 Å². The summed E-state index contributed by atoms with van der Waals surface area (Å²) in [5.74, 6) is 0.850. The first-order valence-corrected chi connectivity index (χ1v) is 4.68. The van der Waals surface area contributed by atoms with Crippen LogP contribution in [-0.2, 0) is 0 Å². The van der Waals surface area contributed by atoms with Crippen molar-refractivity contribution in [2.75, 3.05) is 25.1 Å². The summed E-state index contributed by atoms with van der Waals surface area (Å²) in [5.41, 5.74) is 6.72. The number of rotatable bonds is 4. The summed E-state index contributed by atoms with van der Waals surface area (Å²) in [7, 11) is 1.89. The number of likely N-dealkylation sites (N-methyl/N-ethyl adjacent to an activating group) is 1. The van der Waals surface area contributed by atoms with Gasteiger partial charge in [0.05, 0.1) is 6.61 Å². The van der Waals surface area contributed by atoms with E-state index in [-0.39, 0.29) is 12.6 Å². The lowest BCUT2D eigenvalue weighted by atomic mass is 10.1. The predicted octanol–water partition coefficient (Wildman–Crippen LogP) is 0.530. The van der Waals surface area contributed by atoms with Crippen molar-refractivity contribution in [3.63, 3.8) is 0 Å². The van der Waals surface area contributed by atoms with Crippen molar-refractivity contribution >= 4 is 5.82 Å². The highest BCUT2D eigenvalue weighted by atomic mass is 16.3. The number of nitrogens with zero attached hydrogens (tertiary/aromatic N) is 2. The Kier molecular flexibility index (Phi) is 3.85. The molecule has 0 saturated carbocycles. The van der Waals surface area contributed by atoms with Gasteiger partial charge >= 0.3 is 0 Å². The predicted molar refractivity (Wildman–Crippen MR) is 57.2 cm³/mol. The fourth-order valence-electron chi connectivity index (χ4n) is 1.16. The van der Waals surface area contributed by atoms with Gasteiger partial charge in [-0.05, 0) is 18.6 Å². The van der Waals surface area contributed by atoms with E-state index in [9.17, 15) is 0 Å². The second-order valence-corrected chi connectivity index (χ2v) is 3.38. The van der Waals surface area contributed by atoms with E-state index in [0.29, 0.717) is 6.54 Å². The van der Waals surface area contributed by atoms with Crippen molar-refractivity contribution in [3.8, 4) is 0 Å². The number of nitrogens with two attached hydrogens (primary N) is 1. The highest BCUT2D eigenvalue weighted by Gasteiger charge is 2.03. The number of hydrogen-bond acceptors (Lipinski definition) is 4. The Balaban J connectivity index is 2.72. The van der Waals surface area contributed by atoms with Gasteiger partial charge in [0.15, 0.2) is 0 Å². The fourth-order valence-corrected chi connectivity index (χ4v) is 1.16. The van der Waals surface area contributed by atoms with E-state index in [0.717, 1.165) is 11.4 Å². The zero-order valence-corrected chi connectivity index (χ0v) is 8.64. The van der Waals surface area contributed by atoms with E-state index >= 15 is 0 Å². The summed E-state index contributed by atoms with van der Waals surface area (Å²) in [6, 6.07) is 3.88. The minimum atomic E-state index is 0.0136. The van der Waals surface area contributed by atoms with Gasteiger partial charge in [-0.25, -0.2) is 4.98 Å². The molecule has 0 aromatic carbocycles. The Morgan fingerprint density at radius 1 is 1.57 bits per heavy atom. The number of hydrogen-bond donors (Lipinski definition) is 2. The lowest BCUT2D eigenvalue weighted by Gasteiger charge is -2.17. The van der Waals surface area contributed by atoms with E-state index in [1.54, 1.807) is 6.20 Å². The number of aliphatic hydroxyl groups is 1. The van der Waals surface area contributed by atoms with E-state index in [1.807, 2.05) is 31.0 Å². The second kappa shape index (κ2) is 4.93. The smallest absolute Gasteiger partial charge is 0.128 e. The zero-order chi connectivity index (χ0) is 10.6. The standard InChI is InChI=1S/C10H17N3O/c1-8(11)9-3-4-10(12-7-9)13(2)5-6-14/h3-4,7-8,14H,5-6,11H2,1-2H3. The van der Waals surface area contributed by atoms with Gasteiger partial charge in [-0.3, -0.25) is 0 Å². The lowest BCUT2D eigenvalue weighted by Crippen LogP contribution is -2.22. The summed E-state index contributed by atoms with van der Waals surface area (Å²) < 4.78 is 0. The van der Waals surface area contributed by atoms with Gasteiger partial charge in [0.2, 0.25) is 0 Å². The molecule has 1 unspecified atom stereocenters. The molecule has 1 heterocycles. The molecule has 0 aliphatic heterocycles. The van der Waals surface area contributed by atoms with Crippen LogP contribution in [0.15, 0.2) is 18.3 Å². The summed E-state index contributed by atoms with van der Waals surface area (Å²) in [6.07, 6.45) is 1.77. The molecule has 14 heavy (non-hydrogen) atoms. The van der Waals surface area contributed by atoms with Crippen LogP contribution in [0.1, 0.15) is 18.5 Å². The highest BCUT2D eigenvalue weighted by Crippen LogP contribution is 2.12. The van der Waals surface area contributed by atoms with Crippen LogP contribution in [0, 0.1) is 0 Å². The molecule has 1 rings (SSSR count). The number of anilines is 1. The van der Waals surface area contributed by atoms with Crippen molar-refractivity contribution in [1.29, 1.82) is 0 Å². The number of aromatic nitrogens is 1. The van der Waals surface area contributed by atoms with Crippen molar-refractivity contribution in [1.82, 2.24) is 4.98 Å². The second-order valence-electron chi connectivity index (χ2n) is 3.38. The number of aliphatic hydroxyl groups excluding tert-OH is 1. The average Bonchev–Trinajstić information content (AvgIpc) is 2.18. The maximum atomic E-state index is 8.75. The van der Waals surface area contributed by atoms with Crippen LogP contribution >= 0.6 is 0 Å². The van der Waals surface area contributed by atoms with Gasteiger partial charge in [0.1, 0.15) is 5.82 Å². The van der Waals surface area contributed by atoms with Crippen LogP contribution in [-0.4, -0.2) is 30.3 Å². The SMILES string of the molecule is CC(N)c1ccc(N(C)CCO)nc1. The zero-order valence-electron chi connectivity index (χ0n) is 8.64. The molecule has 3 N–H and O–H groups in total. The van der Waals surface area contributed by atoms with E-state index in [1.165, 1.54) is 0 Å². The molecular formula is C10H17N3O. The lowest BCUT2D eigenvalue weighted by molar-refractivity contribution is 0.304. The van der Waals surface area contributed by atoms with Gasteiger partial charge < -0.3 is 15.7 Å². The molecule has 4 heteroatoms. The van der Waals surface area contributed by atoms with Crippen LogP contribution in [0.25, 0.3) is 0 Å². The van der Waals surface area contributed by atoms with Gasteiger partial charge in [0, 0.05) is 25.8 Å². The first-order chi connectivity index (χ1) is 6.65. The summed E-state index contributed by atoms with van der Waals surface area (Å²) in [4.78, 5) is 6.15. The van der Waals surface area contributed by atoms with Crippen molar-refractivity contribution in [2.45, 2.75) is 13.0 Å².